The van der Waals surface area contributed by atoms with Crippen molar-refractivity contribution in [1.29, 1.82) is 0 Å². The highest BCUT2D eigenvalue weighted by molar-refractivity contribution is 7.91. The lowest BCUT2D eigenvalue weighted by Gasteiger charge is -2.41. The van der Waals surface area contributed by atoms with Gasteiger partial charge in [-0.05, 0) is 11.8 Å². The van der Waals surface area contributed by atoms with Crippen LogP contribution in [0.2, 0.25) is 0 Å². The van der Waals surface area contributed by atoms with Gasteiger partial charge in [-0.1, -0.05) is 13.8 Å². The summed E-state index contributed by atoms with van der Waals surface area (Å²) < 4.78 is 37.1. The second kappa shape index (κ2) is 7.57. The number of esters is 1. The van der Waals surface area contributed by atoms with Crippen LogP contribution in [-0.4, -0.2) is 52.0 Å². The first-order valence-electron chi connectivity index (χ1n) is 7.15. The Kier molecular flexibility index (Phi) is 6.68. The summed E-state index contributed by atoms with van der Waals surface area (Å²) in [6, 6.07) is 1.34. The number of nitrogens with zero attached hydrogens (tertiary/aromatic N) is 1. The molecule has 1 saturated heterocycles. The fraction of sp³-hybridized carbons (Fsp3) is 0.643. The summed E-state index contributed by atoms with van der Waals surface area (Å²) in [5, 5.41) is 0. The first-order chi connectivity index (χ1) is 10.6. The number of hydrogen-bond acceptors (Lipinski definition) is 7. The van der Waals surface area contributed by atoms with Crippen molar-refractivity contribution in [3.63, 3.8) is 0 Å². The number of thiophene rings is 1. The fourth-order valence-electron chi connectivity index (χ4n) is 2.53. The van der Waals surface area contributed by atoms with Gasteiger partial charge in [0.1, 0.15) is 4.88 Å². The van der Waals surface area contributed by atoms with E-state index >= 15 is 0 Å². The van der Waals surface area contributed by atoms with Crippen molar-refractivity contribution in [2.75, 3.05) is 27.3 Å². The molecule has 0 saturated carbocycles. The molecule has 0 bridgehead atoms. The van der Waals surface area contributed by atoms with E-state index in [0.717, 1.165) is 11.3 Å². The van der Waals surface area contributed by atoms with Crippen molar-refractivity contribution in [3.05, 3.63) is 10.9 Å². The van der Waals surface area contributed by atoms with Crippen LogP contribution in [0.25, 0.3) is 0 Å². The highest BCUT2D eigenvalue weighted by Crippen LogP contribution is 2.38. The summed E-state index contributed by atoms with van der Waals surface area (Å²) in [6.45, 7) is 4.57. The third kappa shape index (κ3) is 3.85. The Morgan fingerprint density at radius 2 is 2.04 bits per heavy atom. The topological polar surface area (TPSA) is 98.9 Å². The molecule has 2 heterocycles. The Morgan fingerprint density at radius 3 is 2.54 bits per heavy atom. The van der Waals surface area contributed by atoms with Crippen molar-refractivity contribution in [2.45, 2.75) is 30.5 Å². The number of ether oxygens (including phenoxy) is 2. The van der Waals surface area contributed by atoms with Crippen LogP contribution in [0, 0.1) is 5.41 Å². The quantitative estimate of drug-likeness (QED) is 0.775. The van der Waals surface area contributed by atoms with Crippen LogP contribution < -0.4 is 10.5 Å². The van der Waals surface area contributed by atoms with Crippen molar-refractivity contribution in [1.82, 2.24) is 4.31 Å². The second-order valence-corrected chi connectivity index (χ2v) is 9.37. The SMILES string of the molecule is COC(=O)c1cc(OC)c(S(=O)(=O)N2CCC(N)C(C)(C)C2)s1.Cl. The van der Waals surface area contributed by atoms with E-state index in [1.807, 2.05) is 13.8 Å². The van der Waals surface area contributed by atoms with E-state index in [0.29, 0.717) is 19.5 Å². The average molecular weight is 399 g/mol. The number of sulfonamides is 1. The predicted molar refractivity (Wildman–Crippen MR) is 94.6 cm³/mol. The number of carbonyl (C=O) groups is 1. The van der Waals surface area contributed by atoms with Crippen LogP contribution in [0.4, 0.5) is 0 Å². The molecule has 1 fully saturated rings. The molecule has 1 aromatic rings. The van der Waals surface area contributed by atoms with Crippen LogP contribution in [0.5, 0.6) is 5.75 Å². The van der Waals surface area contributed by atoms with E-state index in [1.165, 1.54) is 24.6 Å². The largest absolute Gasteiger partial charge is 0.494 e. The number of hydrogen-bond donors (Lipinski definition) is 1. The standard InChI is InChI=1S/C14H22N2O5S2.ClH/c1-14(2)8-16(6-5-11(14)15)23(18,19)13-9(20-3)7-10(22-13)12(17)21-4;/h7,11H,5-6,8,15H2,1-4H3;1H. The molecule has 1 aromatic heterocycles. The minimum absolute atomic E-state index is 0. The van der Waals surface area contributed by atoms with Gasteiger partial charge in [0, 0.05) is 25.2 Å². The summed E-state index contributed by atoms with van der Waals surface area (Å²) >= 11 is 0.858. The van der Waals surface area contributed by atoms with E-state index in [-0.39, 0.29) is 38.7 Å². The van der Waals surface area contributed by atoms with E-state index in [9.17, 15) is 13.2 Å². The molecule has 1 atom stereocenters. The summed E-state index contributed by atoms with van der Waals surface area (Å²) in [7, 11) is -1.14. The zero-order valence-electron chi connectivity index (χ0n) is 14.1. The van der Waals surface area contributed by atoms with Gasteiger partial charge in [-0.3, -0.25) is 0 Å². The number of piperidine rings is 1. The lowest BCUT2D eigenvalue weighted by atomic mass is 9.81. The molecule has 1 aliphatic rings. The third-order valence-electron chi connectivity index (χ3n) is 4.12. The molecule has 0 amide bonds. The summed E-state index contributed by atoms with van der Waals surface area (Å²) in [6.07, 6.45) is 0.587. The Balaban J connectivity index is 0.00000288. The summed E-state index contributed by atoms with van der Waals surface area (Å²) in [5.41, 5.74) is 5.75. The molecule has 138 valence electrons. The number of halogens is 1. The number of rotatable bonds is 4. The molecule has 0 radical (unpaired) electrons. The average Bonchev–Trinajstić information content (AvgIpc) is 2.94. The molecule has 10 heteroatoms. The summed E-state index contributed by atoms with van der Waals surface area (Å²) in [5.74, 6) is -0.432. The van der Waals surface area contributed by atoms with Gasteiger partial charge in [0.15, 0.2) is 9.96 Å². The minimum Gasteiger partial charge on any atom is -0.494 e. The van der Waals surface area contributed by atoms with Gasteiger partial charge in [0.25, 0.3) is 10.0 Å². The zero-order chi connectivity index (χ0) is 17.4. The van der Waals surface area contributed by atoms with Gasteiger partial charge in [-0.15, -0.1) is 23.7 Å². The smallest absolute Gasteiger partial charge is 0.348 e. The van der Waals surface area contributed by atoms with Gasteiger partial charge < -0.3 is 15.2 Å². The molecule has 7 nitrogen and oxygen atoms in total. The molecule has 2 N–H and O–H groups in total. The van der Waals surface area contributed by atoms with Crippen LogP contribution in [0.15, 0.2) is 10.3 Å². The molecular weight excluding hydrogens is 376 g/mol. The summed E-state index contributed by atoms with van der Waals surface area (Å²) in [4.78, 5) is 11.8. The van der Waals surface area contributed by atoms with Gasteiger partial charge in [0.2, 0.25) is 0 Å². The molecule has 0 spiro atoms. The lowest BCUT2D eigenvalue weighted by Crippen LogP contribution is -2.53. The Labute approximate surface area is 152 Å². The molecule has 24 heavy (non-hydrogen) atoms. The van der Waals surface area contributed by atoms with Gasteiger partial charge in [-0.25, -0.2) is 13.2 Å². The number of methoxy groups -OCH3 is 2. The number of nitrogens with two attached hydrogens (primary N) is 1. The van der Waals surface area contributed by atoms with E-state index < -0.39 is 16.0 Å². The Bertz CT molecular complexity index is 702. The zero-order valence-corrected chi connectivity index (χ0v) is 16.5. The normalized spacial score (nSPS) is 21.0. The van der Waals surface area contributed by atoms with Crippen molar-refractivity contribution in [2.24, 2.45) is 11.1 Å². The van der Waals surface area contributed by atoms with Crippen molar-refractivity contribution < 1.29 is 22.7 Å². The molecule has 0 aliphatic carbocycles. The minimum atomic E-state index is -3.76. The second-order valence-electron chi connectivity index (χ2n) is 6.18. The Hall–Kier alpha value is -0.870. The lowest BCUT2D eigenvalue weighted by molar-refractivity contribution is 0.0606. The molecule has 1 unspecified atom stereocenters. The molecule has 2 rings (SSSR count). The molecular formula is C14H23ClN2O5S2. The van der Waals surface area contributed by atoms with Crippen LogP contribution in [0.1, 0.15) is 29.9 Å². The maximum absolute atomic E-state index is 12.9. The molecule has 1 aliphatic heterocycles. The van der Waals surface area contributed by atoms with Gasteiger partial charge >= 0.3 is 5.97 Å². The van der Waals surface area contributed by atoms with Crippen LogP contribution in [-0.2, 0) is 14.8 Å². The highest BCUT2D eigenvalue weighted by Gasteiger charge is 2.40. The molecule has 0 aromatic carbocycles. The van der Waals surface area contributed by atoms with Gasteiger partial charge in [0.05, 0.1) is 14.2 Å². The van der Waals surface area contributed by atoms with E-state index in [1.54, 1.807) is 0 Å². The Morgan fingerprint density at radius 1 is 1.42 bits per heavy atom. The first kappa shape index (κ1) is 21.2. The van der Waals surface area contributed by atoms with E-state index in [4.69, 9.17) is 10.5 Å². The fourth-order valence-corrected chi connectivity index (χ4v) is 5.79. The number of carbonyl (C=O) groups excluding carboxylic acids is 1. The monoisotopic (exact) mass is 398 g/mol. The predicted octanol–water partition coefficient (Wildman–Crippen LogP) is 1.71. The van der Waals surface area contributed by atoms with Crippen molar-refractivity contribution >= 4 is 39.7 Å². The van der Waals surface area contributed by atoms with Gasteiger partial charge in [-0.2, -0.15) is 4.31 Å². The first-order valence-corrected chi connectivity index (χ1v) is 9.41. The van der Waals surface area contributed by atoms with E-state index in [2.05, 4.69) is 4.74 Å². The maximum atomic E-state index is 12.9. The highest BCUT2D eigenvalue weighted by atomic mass is 35.5. The third-order valence-corrected chi connectivity index (χ3v) is 7.56. The van der Waals surface area contributed by atoms with Crippen LogP contribution >= 0.6 is 23.7 Å². The maximum Gasteiger partial charge on any atom is 0.348 e. The van der Waals surface area contributed by atoms with Crippen LogP contribution in [0.3, 0.4) is 0 Å². The van der Waals surface area contributed by atoms with Crippen molar-refractivity contribution in [3.8, 4) is 5.75 Å².